The van der Waals surface area contributed by atoms with Crippen LogP contribution in [0, 0.1) is 0 Å². The second-order valence-corrected chi connectivity index (χ2v) is 6.16. The van der Waals surface area contributed by atoms with Crippen molar-refractivity contribution in [1.29, 1.82) is 0 Å². The van der Waals surface area contributed by atoms with Crippen molar-refractivity contribution in [3.63, 3.8) is 0 Å². The second kappa shape index (κ2) is 3.82. The van der Waals surface area contributed by atoms with Gasteiger partial charge in [-0.3, -0.25) is 4.90 Å². The van der Waals surface area contributed by atoms with Gasteiger partial charge < -0.3 is 5.32 Å². The lowest BCUT2D eigenvalue weighted by Crippen LogP contribution is -2.58. The smallest absolute Gasteiger partial charge is 0.0202 e. The van der Waals surface area contributed by atoms with Crippen LogP contribution in [0.4, 0.5) is 0 Å². The summed E-state index contributed by atoms with van der Waals surface area (Å²) in [5.41, 5.74) is 0.566. The van der Waals surface area contributed by atoms with E-state index in [2.05, 4.69) is 51.8 Å². The molecule has 0 radical (unpaired) electrons. The molecule has 0 spiro atoms. The van der Waals surface area contributed by atoms with Crippen molar-refractivity contribution < 1.29 is 0 Å². The summed E-state index contributed by atoms with van der Waals surface area (Å²) in [7, 11) is 0. The van der Waals surface area contributed by atoms with Crippen LogP contribution in [0.15, 0.2) is 0 Å². The Morgan fingerprint density at radius 1 is 1.29 bits per heavy atom. The Morgan fingerprint density at radius 2 is 1.86 bits per heavy atom. The number of hydrogen-bond acceptors (Lipinski definition) is 2. The summed E-state index contributed by atoms with van der Waals surface area (Å²) in [5, 5.41) is 3.51. The molecule has 1 aliphatic heterocycles. The third kappa shape index (κ3) is 2.48. The zero-order chi connectivity index (χ0) is 11.0. The molecule has 0 amide bonds. The van der Waals surface area contributed by atoms with Crippen LogP contribution >= 0.6 is 0 Å². The highest BCUT2D eigenvalue weighted by atomic mass is 15.3. The van der Waals surface area contributed by atoms with E-state index in [1.165, 1.54) is 6.42 Å². The molecule has 1 atom stereocenters. The third-order valence-electron chi connectivity index (χ3n) is 3.17. The fourth-order valence-electron chi connectivity index (χ4n) is 3.08. The van der Waals surface area contributed by atoms with Crippen LogP contribution in [-0.4, -0.2) is 35.1 Å². The minimum atomic E-state index is 0.259. The van der Waals surface area contributed by atoms with Crippen LogP contribution in [-0.2, 0) is 0 Å². The molecule has 1 saturated heterocycles. The van der Waals surface area contributed by atoms with Gasteiger partial charge in [-0.15, -0.1) is 0 Å². The minimum absolute atomic E-state index is 0.259. The molecule has 0 aliphatic carbocycles. The average Bonchev–Trinajstić information content (AvgIpc) is 2.05. The van der Waals surface area contributed by atoms with Crippen LogP contribution in [0.25, 0.3) is 0 Å². The van der Waals surface area contributed by atoms with Gasteiger partial charge >= 0.3 is 0 Å². The quantitative estimate of drug-likeness (QED) is 0.642. The van der Waals surface area contributed by atoms with E-state index in [1.54, 1.807) is 0 Å². The van der Waals surface area contributed by atoms with Crippen molar-refractivity contribution in [2.75, 3.05) is 13.1 Å². The molecule has 0 aromatic heterocycles. The highest BCUT2D eigenvalue weighted by Gasteiger charge is 2.38. The van der Waals surface area contributed by atoms with Gasteiger partial charge in [0, 0.05) is 23.7 Å². The lowest BCUT2D eigenvalue weighted by Gasteiger charge is -2.49. The molecule has 0 aromatic rings. The molecule has 1 rings (SSSR count). The van der Waals surface area contributed by atoms with Crippen LogP contribution in [0.5, 0.6) is 0 Å². The van der Waals surface area contributed by atoms with E-state index in [-0.39, 0.29) is 5.54 Å². The van der Waals surface area contributed by atoms with Crippen LogP contribution in [0.3, 0.4) is 0 Å². The van der Waals surface area contributed by atoms with E-state index in [0.717, 1.165) is 13.1 Å². The van der Waals surface area contributed by atoms with Crippen molar-refractivity contribution in [2.24, 2.45) is 0 Å². The molecule has 0 saturated carbocycles. The maximum Gasteiger partial charge on any atom is 0.0202 e. The Labute approximate surface area is 89.1 Å². The van der Waals surface area contributed by atoms with Gasteiger partial charge in [0.1, 0.15) is 0 Å². The minimum Gasteiger partial charge on any atom is -0.315 e. The van der Waals surface area contributed by atoms with Gasteiger partial charge in [0.05, 0.1) is 0 Å². The second-order valence-electron chi connectivity index (χ2n) is 6.16. The summed E-state index contributed by atoms with van der Waals surface area (Å²) in [6.07, 6.45) is 1.23. The van der Waals surface area contributed by atoms with Gasteiger partial charge in [0.2, 0.25) is 0 Å². The molecule has 0 aromatic carbocycles. The van der Waals surface area contributed by atoms with Crippen molar-refractivity contribution in [3.8, 4) is 0 Å². The lowest BCUT2D eigenvalue weighted by molar-refractivity contribution is -0.00122. The lowest BCUT2D eigenvalue weighted by atomic mass is 9.90. The first-order chi connectivity index (χ1) is 6.25. The van der Waals surface area contributed by atoms with Gasteiger partial charge in [0.15, 0.2) is 0 Å². The van der Waals surface area contributed by atoms with Crippen LogP contribution in [0.2, 0.25) is 0 Å². The number of rotatable bonds is 0. The van der Waals surface area contributed by atoms with E-state index < -0.39 is 0 Å². The van der Waals surface area contributed by atoms with Crippen molar-refractivity contribution in [3.05, 3.63) is 0 Å². The fraction of sp³-hybridized carbons (Fsp3) is 1.00. The predicted octanol–water partition coefficient (Wildman–Crippen LogP) is 2.25. The first-order valence-corrected chi connectivity index (χ1v) is 5.75. The fourth-order valence-corrected chi connectivity index (χ4v) is 3.08. The van der Waals surface area contributed by atoms with Gasteiger partial charge in [-0.05, 0) is 54.5 Å². The zero-order valence-corrected chi connectivity index (χ0v) is 10.6. The van der Waals surface area contributed by atoms with Gasteiger partial charge in [-0.1, -0.05) is 0 Å². The molecule has 1 aliphatic rings. The van der Waals surface area contributed by atoms with E-state index in [4.69, 9.17) is 0 Å². The largest absolute Gasteiger partial charge is 0.315 e. The topological polar surface area (TPSA) is 15.3 Å². The molecule has 2 nitrogen and oxygen atoms in total. The first kappa shape index (κ1) is 12.0. The summed E-state index contributed by atoms with van der Waals surface area (Å²) in [6.45, 7) is 16.3. The average molecular weight is 198 g/mol. The SMILES string of the molecule is CC1CNCCC(C)(C)N1C(C)(C)C. The maximum atomic E-state index is 3.51. The number of hydrogen-bond donors (Lipinski definition) is 1. The summed E-state index contributed by atoms with van der Waals surface area (Å²) >= 11 is 0. The Hall–Kier alpha value is -0.0800. The molecule has 2 heteroatoms. The van der Waals surface area contributed by atoms with Crippen molar-refractivity contribution in [1.82, 2.24) is 10.2 Å². The highest BCUT2D eigenvalue weighted by molar-refractivity contribution is 4.95. The molecular formula is C12H26N2. The Kier molecular flexibility index (Phi) is 3.27. The molecule has 1 heterocycles. The van der Waals surface area contributed by atoms with E-state index >= 15 is 0 Å². The standard InChI is InChI=1S/C12H26N2/c1-10-9-13-8-7-12(5,6)14(10)11(2,3)4/h10,13H,7-9H2,1-6H3. The summed E-state index contributed by atoms with van der Waals surface area (Å²) in [6, 6.07) is 0.618. The summed E-state index contributed by atoms with van der Waals surface area (Å²) < 4.78 is 0. The summed E-state index contributed by atoms with van der Waals surface area (Å²) in [4.78, 5) is 2.65. The molecule has 1 unspecified atom stereocenters. The van der Waals surface area contributed by atoms with E-state index in [9.17, 15) is 0 Å². The van der Waals surface area contributed by atoms with Crippen molar-refractivity contribution in [2.45, 2.75) is 65.1 Å². The molecule has 84 valence electrons. The van der Waals surface area contributed by atoms with E-state index in [1.807, 2.05) is 0 Å². The highest BCUT2D eigenvalue weighted by Crippen LogP contribution is 2.31. The third-order valence-corrected chi connectivity index (χ3v) is 3.17. The maximum absolute atomic E-state index is 3.51. The van der Waals surface area contributed by atoms with Crippen LogP contribution < -0.4 is 5.32 Å². The molecular weight excluding hydrogens is 172 g/mol. The normalized spacial score (nSPS) is 30.0. The predicted molar refractivity (Wildman–Crippen MR) is 62.6 cm³/mol. The van der Waals surface area contributed by atoms with Gasteiger partial charge in [-0.2, -0.15) is 0 Å². The molecule has 14 heavy (non-hydrogen) atoms. The number of nitrogens with zero attached hydrogens (tertiary/aromatic N) is 1. The van der Waals surface area contributed by atoms with Crippen molar-refractivity contribution >= 4 is 0 Å². The monoisotopic (exact) mass is 198 g/mol. The van der Waals surface area contributed by atoms with Crippen LogP contribution in [0.1, 0.15) is 48.0 Å². The van der Waals surface area contributed by atoms with E-state index in [0.29, 0.717) is 11.6 Å². The van der Waals surface area contributed by atoms with Gasteiger partial charge in [0.25, 0.3) is 0 Å². The summed E-state index contributed by atoms with van der Waals surface area (Å²) in [5.74, 6) is 0. The zero-order valence-electron chi connectivity index (χ0n) is 10.6. The molecule has 1 N–H and O–H groups in total. The Balaban J connectivity index is 2.93. The molecule has 1 fully saturated rings. The van der Waals surface area contributed by atoms with Gasteiger partial charge in [-0.25, -0.2) is 0 Å². The molecule has 0 bridgehead atoms. The first-order valence-electron chi connectivity index (χ1n) is 5.75. The Bertz CT molecular complexity index is 191. The Morgan fingerprint density at radius 3 is 2.36 bits per heavy atom. The number of nitrogens with one attached hydrogen (secondary N) is 1.